The Hall–Kier alpha value is -1.95. The molecule has 6 heteroatoms. The molecule has 23 heavy (non-hydrogen) atoms. The molecule has 1 atom stereocenters. The third kappa shape index (κ3) is 4.28. The van der Waals surface area contributed by atoms with Crippen LogP contribution in [-0.2, 0) is 11.3 Å². The highest BCUT2D eigenvalue weighted by atomic mass is 19.1. The Labute approximate surface area is 135 Å². The number of hydrogen-bond acceptors (Lipinski definition) is 4. The fourth-order valence-electron chi connectivity index (χ4n) is 2.53. The minimum absolute atomic E-state index is 0.0354. The predicted octanol–water partition coefficient (Wildman–Crippen LogP) is 2.98. The molecule has 1 N–H and O–H groups in total. The van der Waals surface area contributed by atoms with Gasteiger partial charge in [-0.3, -0.25) is 4.98 Å². The zero-order valence-electron chi connectivity index (χ0n) is 14.0. The first kappa shape index (κ1) is 17.4. The number of nitrogens with zero attached hydrogens (tertiary/aromatic N) is 2. The maximum atomic E-state index is 13.8. The molecule has 0 fully saturated rings. The second-order valence-corrected chi connectivity index (χ2v) is 6.76. The van der Waals surface area contributed by atoms with E-state index in [-0.39, 0.29) is 17.7 Å². The van der Waals surface area contributed by atoms with Crippen molar-refractivity contribution in [3.8, 4) is 0 Å². The number of aliphatic hydroxyl groups excluding tert-OH is 1. The average Bonchev–Trinajstić information content (AvgIpc) is 2.45. The minimum Gasteiger partial charge on any atom is -0.444 e. The molecular formula is C17H23FN2O3. The highest BCUT2D eigenvalue weighted by Crippen LogP contribution is 2.28. The molecule has 126 valence electrons. The summed E-state index contributed by atoms with van der Waals surface area (Å²) >= 11 is 0. The lowest BCUT2D eigenvalue weighted by atomic mass is 9.91. The smallest absolute Gasteiger partial charge is 0.410 e. The van der Waals surface area contributed by atoms with Gasteiger partial charge in [0.05, 0.1) is 6.61 Å². The van der Waals surface area contributed by atoms with Gasteiger partial charge in [-0.1, -0.05) is 13.0 Å². The molecule has 0 bridgehead atoms. The van der Waals surface area contributed by atoms with Crippen molar-refractivity contribution in [2.75, 3.05) is 13.1 Å². The van der Waals surface area contributed by atoms with E-state index in [4.69, 9.17) is 9.84 Å². The van der Waals surface area contributed by atoms with Gasteiger partial charge in [0.1, 0.15) is 17.1 Å². The average molecular weight is 322 g/mol. The second-order valence-electron chi connectivity index (χ2n) is 6.76. The first-order valence-corrected chi connectivity index (χ1v) is 7.65. The van der Waals surface area contributed by atoms with Crippen LogP contribution >= 0.6 is 0 Å². The molecule has 0 aliphatic carbocycles. The highest BCUT2D eigenvalue weighted by molar-refractivity contribution is 5.73. The third-order valence-corrected chi connectivity index (χ3v) is 3.61. The molecule has 2 rings (SSSR count). The summed E-state index contributed by atoms with van der Waals surface area (Å²) in [4.78, 5) is 17.7. The van der Waals surface area contributed by atoms with Gasteiger partial charge in [0.15, 0.2) is 0 Å². The molecule has 0 saturated carbocycles. The number of amides is 1. The number of hydrogen-bond donors (Lipinski definition) is 1. The normalized spacial score (nSPS) is 18.6. The number of ether oxygens (including phenoxy) is 1. The summed E-state index contributed by atoms with van der Waals surface area (Å²) in [6, 6.07) is 1.38. The summed E-state index contributed by atoms with van der Waals surface area (Å²) in [5.74, 6) is -0.481. The largest absolute Gasteiger partial charge is 0.444 e. The number of carbonyl (C=O) groups is 1. The SMILES string of the molecule is CC1CN(C(=O)OC(C)(C)C)CC=C1c1cnc(CO)c(F)c1. The van der Waals surface area contributed by atoms with E-state index < -0.39 is 18.0 Å². The van der Waals surface area contributed by atoms with Crippen molar-refractivity contribution in [3.05, 3.63) is 35.4 Å². The topological polar surface area (TPSA) is 62.7 Å². The van der Waals surface area contributed by atoms with Gasteiger partial charge in [0.2, 0.25) is 0 Å². The van der Waals surface area contributed by atoms with E-state index in [0.29, 0.717) is 18.7 Å². The summed E-state index contributed by atoms with van der Waals surface area (Å²) < 4.78 is 19.2. The van der Waals surface area contributed by atoms with Crippen LogP contribution < -0.4 is 0 Å². The number of halogens is 1. The summed E-state index contributed by atoms with van der Waals surface area (Å²) in [6.07, 6.45) is 3.10. The Balaban J connectivity index is 2.15. The molecule has 1 amide bonds. The third-order valence-electron chi connectivity index (χ3n) is 3.61. The molecule has 1 unspecified atom stereocenters. The molecule has 2 heterocycles. The number of carbonyl (C=O) groups excluding carboxylic acids is 1. The lowest BCUT2D eigenvalue weighted by Crippen LogP contribution is -2.41. The van der Waals surface area contributed by atoms with Crippen LogP contribution in [0.25, 0.3) is 5.57 Å². The van der Waals surface area contributed by atoms with E-state index in [0.717, 1.165) is 5.57 Å². The van der Waals surface area contributed by atoms with Crippen molar-refractivity contribution in [2.24, 2.45) is 5.92 Å². The molecule has 0 aromatic carbocycles. The molecule has 0 radical (unpaired) electrons. The van der Waals surface area contributed by atoms with Crippen molar-refractivity contribution in [2.45, 2.75) is 39.9 Å². The Bertz CT molecular complexity index is 623. The molecule has 5 nitrogen and oxygen atoms in total. The zero-order chi connectivity index (χ0) is 17.2. The van der Waals surface area contributed by atoms with Gasteiger partial charge in [-0.05, 0) is 43.9 Å². The van der Waals surface area contributed by atoms with Gasteiger partial charge in [0.25, 0.3) is 0 Å². The van der Waals surface area contributed by atoms with E-state index >= 15 is 0 Å². The Morgan fingerprint density at radius 3 is 2.74 bits per heavy atom. The van der Waals surface area contributed by atoms with Crippen LogP contribution in [0.2, 0.25) is 0 Å². The van der Waals surface area contributed by atoms with Gasteiger partial charge in [0, 0.05) is 19.3 Å². The van der Waals surface area contributed by atoms with Crippen molar-refractivity contribution in [1.82, 2.24) is 9.88 Å². The molecular weight excluding hydrogens is 299 g/mol. The first-order valence-electron chi connectivity index (χ1n) is 7.65. The zero-order valence-corrected chi connectivity index (χ0v) is 14.0. The van der Waals surface area contributed by atoms with Gasteiger partial charge >= 0.3 is 6.09 Å². The number of aromatic nitrogens is 1. The molecule has 1 aliphatic heterocycles. The van der Waals surface area contributed by atoms with Gasteiger partial charge in [-0.25, -0.2) is 9.18 Å². The van der Waals surface area contributed by atoms with Crippen molar-refractivity contribution >= 4 is 11.7 Å². The molecule has 0 saturated heterocycles. The summed E-state index contributed by atoms with van der Waals surface area (Å²) in [5, 5.41) is 8.99. The summed E-state index contributed by atoms with van der Waals surface area (Å²) in [7, 11) is 0. The Morgan fingerprint density at radius 1 is 1.52 bits per heavy atom. The molecule has 1 aliphatic rings. The van der Waals surface area contributed by atoms with Gasteiger partial charge in [-0.2, -0.15) is 0 Å². The number of rotatable bonds is 2. The first-order chi connectivity index (χ1) is 10.7. The monoisotopic (exact) mass is 322 g/mol. The van der Waals surface area contributed by atoms with Crippen LogP contribution in [0.1, 0.15) is 39.0 Å². The molecule has 1 aromatic heterocycles. The summed E-state index contributed by atoms with van der Waals surface area (Å²) in [5.41, 5.74) is 1.13. The Kier molecular flexibility index (Phi) is 5.04. The quantitative estimate of drug-likeness (QED) is 0.909. The van der Waals surface area contributed by atoms with Crippen LogP contribution in [0.5, 0.6) is 0 Å². The fourth-order valence-corrected chi connectivity index (χ4v) is 2.53. The minimum atomic E-state index is -0.530. The maximum absolute atomic E-state index is 13.8. The van der Waals surface area contributed by atoms with Crippen LogP contribution in [0.15, 0.2) is 18.3 Å². The van der Waals surface area contributed by atoms with Gasteiger partial charge in [-0.15, -0.1) is 0 Å². The standard InChI is InChI=1S/C17H23FN2O3/c1-11-9-20(16(22)23-17(2,3)4)6-5-13(11)12-7-14(18)15(10-21)19-8-12/h5,7-8,11,21H,6,9-10H2,1-4H3. The maximum Gasteiger partial charge on any atom is 0.410 e. The van der Waals surface area contributed by atoms with E-state index in [1.807, 2.05) is 33.8 Å². The van der Waals surface area contributed by atoms with E-state index in [9.17, 15) is 9.18 Å². The van der Waals surface area contributed by atoms with E-state index in [2.05, 4.69) is 4.98 Å². The van der Waals surface area contributed by atoms with Crippen LogP contribution in [0, 0.1) is 11.7 Å². The Morgan fingerprint density at radius 2 is 2.22 bits per heavy atom. The highest BCUT2D eigenvalue weighted by Gasteiger charge is 2.27. The van der Waals surface area contributed by atoms with Crippen molar-refractivity contribution in [3.63, 3.8) is 0 Å². The van der Waals surface area contributed by atoms with Crippen LogP contribution in [0.3, 0.4) is 0 Å². The lowest BCUT2D eigenvalue weighted by Gasteiger charge is -2.33. The number of aliphatic hydroxyl groups is 1. The van der Waals surface area contributed by atoms with Gasteiger partial charge < -0.3 is 14.7 Å². The molecule has 1 aromatic rings. The fraction of sp³-hybridized carbons (Fsp3) is 0.529. The van der Waals surface area contributed by atoms with Crippen molar-refractivity contribution < 1.29 is 19.0 Å². The molecule has 0 spiro atoms. The van der Waals surface area contributed by atoms with Crippen LogP contribution in [0.4, 0.5) is 9.18 Å². The van der Waals surface area contributed by atoms with E-state index in [1.54, 1.807) is 11.1 Å². The lowest BCUT2D eigenvalue weighted by molar-refractivity contribution is 0.0251. The second kappa shape index (κ2) is 6.66. The summed E-state index contributed by atoms with van der Waals surface area (Å²) in [6.45, 7) is 7.96. The number of pyridine rings is 1. The van der Waals surface area contributed by atoms with Crippen LogP contribution in [-0.4, -0.2) is 39.8 Å². The predicted molar refractivity (Wildman–Crippen MR) is 85.1 cm³/mol. The van der Waals surface area contributed by atoms with Crippen molar-refractivity contribution in [1.29, 1.82) is 0 Å². The van der Waals surface area contributed by atoms with E-state index in [1.165, 1.54) is 6.07 Å².